The van der Waals surface area contributed by atoms with Gasteiger partial charge in [-0.25, -0.2) is 4.79 Å². The summed E-state index contributed by atoms with van der Waals surface area (Å²) in [7, 11) is 1.47. The number of benzene rings is 2. The maximum Gasteiger partial charge on any atom is 0.407 e. The van der Waals surface area contributed by atoms with Crippen molar-refractivity contribution in [2.24, 2.45) is 0 Å². The minimum atomic E-state index is -1.13. The number of carbonyl (C=O) groups is 3. The zero-order valence-electron chi connectivity index (χ0n) is 19.0. The maximum atomic E-state index is 12.9. The molecule has 8 heteroatoms. The van der Waals surface area contributed by atoms with E-state index < -0.39 is 30.6 Å². The van der Waals surface area contributed by atoms with Gasteiger partial charge in [-0.2, -0.15) is 0 Å². The number of methoxy groups -OCH3 is 1. The second kappa shape index (κ2) is 11.5. The molecule has 1 aliphatic carbocycles. The highest BCUT2D eigenvalue weighted by Gasteiger charge is 2.30. The van der Waals surface area contributed by atoms with E-state index in [1.54, 1.807) is 0 Å². The lowest BCUT2D eigenvalue weighted by Crippen LogP contribution is -2.50. The Hall–Kier alpha value is -3.39. The monoisotopic (exact) mass is 454 g/mol. The van der Waals surface area contributed by atoms with Crippen LogP contribution in [0.2, 0.25) is 0 Å². The van der Waals surface area contributed by atoms with Gasteiger partial charge in [0.05, 0.1) is 6.61 Å². The summed E-state index contributed by atoms with van der Waals surface area (Å²) in [6.45, 7) is 1.87. The Bertz CT molecular complexity index is 947. The number of alkyl carbamates (subject to hydrolysis) is 1. The van der Waals surface area contributed by atoms with Crippen molar-refractivity contribution in [1.82, 2.24) is 10.2 Å². The van der Waals surface area contributed by atoms with Crippen molar-refractivity contribution < 1.29 is 29.0 Å². The average Bonchev–Trinajstić information content (AvgIpc) is 3.13. The number of carboxylic acid groups (broad SMARTS) is 1. The molecule has 1 atom stereocenters. The zero-order valence-corrected chi connectivity index (χ0v) is 19.0. The molecule has 1 aliphatic rings. The first-order chi connectivity index (χ1) is 16.0. The lowest BCUT2D eigenvalue weighted by molar-refractivity contribution is -0.145. The number of nitrogens with zero attached hydrogens (tertiary/aromatic N) is 1. The maximum absolute atomic E-state index is 12.9. The first-order valence-corrected chi connectivity index (χ1v) is 11.1. The summed E-state index contributed by atoms with van der Waals surface area (Å²) < 4.78 is 10.5. The number of rotatable bonds is 11. The molecule has 2 aromatic rings. The summed E-state index contributed by atoms with van der Waals surface area (Å²) in [5, 5.41) is 11.8. The number of ether oxygens (including phenoxy) is 2. The minimum absolute atomic E-state index is 0.0892. The van der Waals surface area contributed by atoms with Crippen LogP contribution < -0.4 is 5.32 Å². The largest absolute Gasteiger partial charge is 0.480 e. The number of hydrogen-bond acceptors (Lipinski definition) is 5. The van der Waals surface area contributed by atoms with Crippen LogP contribution in [-0.2, 0) is 19.1 Å². The molecular weight excluding hydrogens is 424 g/mol. The smallest absolute Gasteiger partial charge is 0.407 e. The number of nitrogens with one attached hydrogen (secondary N) is 1. The van der Waals surface area contributed by atoms with E-state index in [0.29, 0.717) is 12.8 Å². The van der Waals surface area contributed by atoms with Crippen molar-refractivity contribution in [2.45, 2.75) is 31.7 Å². The molecule has 0 fully saturated rings. The number of aliphatic carboxylic acids is 1. The molecule has 0 heterocycles. The van der Waals surface area contributed by atoms with Crippen LogP contribution in [-0.4, -0.2) is 67.4 Å². The third kappa shape index (κ3) is 5.90. The highest BCUT2D eigenvalue weighted by molar-refractivity contribution is 5.88. The predicted octanol–water partition coefficient (Wildman–Crippen LogP) is 3.25. The Labute approximate surface area is 193 Å². The summed E-state index contributed by atoms with van der Waals surface area (Å²) >= 11 is 0. The highest BCUT2D eigenvalue weighted by Crippen LogP contribution is 2.44. The number of hydrogen-bond donors (Lipinski definition) is 2. The SMILES string of the molecule is CCC[C@@H](NC(=O)OCC1c2ccccc2-c2ccccc21)C(=O)N(CCOC)CC(=O)O. The zero-order chi connectivity index (χ0) is 23.8. The van der Waals surface area contributed by atoms with Gasteiger partial charge in [0.1, 0.15) is 19.2 Å². The van der Waals surface area contributed by atoms with Crippen molar-refractivity contribution >= 4 is 18.0 Å². The standard InChI is InChI=1S/C25H30N2O6/c1-3-8-22(24(30)27(13-14-32-2)15-23(28)29)26-25(31)33-16-21-19-11-6-4-9-17(19)18-10-5-7-12-20(18)21/h4-7,9-12,21-22H,3,8,13-16H2,1-2H3,(H,26,31)(H,28,29)/t22-/m1/s1. The number of amides is 2. The molecule has 0 aliphatic heterocycles. The van der Waals surface area contributed by atoms with E-state index in [4.69, 9.17) is 14.6 Å². The fourth-order valence-corrected chi connectivity index (χ4v) is 4.18. The van der Waals surface area contributed by atoms with Crippen LogP contribution in [0, 0.1) is 0 Å². The van der Waals surface area contributed by atoms with Crippen molar-refractivity contribution in [1.29, 1.82) is 0 Å². The summed E-state index contributed by atoms with van der Waals surface area (Å²) in [5.74, 6) is -1.69. The van der Waals surface area contributed by atoms with Crippen LogP contribution in [0.25, 0.3) is 11.1 Å². The molecule has 0 radical (unpaired) electrons. The third-order valence-corrected chi connectivity index (χ3v) is 5.71. The second-order valence-electron chi connectivity index (χ2n) is 7.96. The molecule has 2 aromatic carbocycles. The minimum Gasteiger partial charge on any atom is -0.480 e. The van der Waals surface area contributed by atoms with Crippen LogP contribution >= 0.6 is 0 Å². The van der Waals surface area contributed by atoms with Gasteiger partial charge in [-0.1, -0.05) is 61.9 Å². The molecule has 3 rings (SSSR count). The third-order valence-electron chi connectivity index (χ3n) is 5.71. The van der Waals surface area contributed by atoms with E-state index in [0.717, 1.165) is 22.3 Å². The topological polar surface area (TPSA) is 105 Å². The molecule has 8 nitrogen and oxygen atoms in total. The Kier molecular flexibility index (Phi) is 8.43. The van der Waals surface area contributed by atoms with Gasteiger partial charge < -0.3 is 24.8 Å². The first-order valence-electron chi connectivity index (χ1n) is 11.1. The Morgan fingerprint density at radius 3 is 2.21 bits per heavy atom. The normalized spacial score (nSPS) is 13.0. The van der Waals surface area contributed by atoms with Gasteiger partial charge in [0.25, 0.3) is 0 Å². The summed E-state index contributed by atoms with van der Waals surface area (Å²) in [5.41, 5.74) is 4.45. The van der Waals surface area contributed by atoms with Crippen molar-refractivity contribution in [3.8, 4) is 11.1 Å². The average molecular weight is 455 g/mol. The van der Waals surface area contributed by atoms with Gasteiger partial charge >= 0.3 is 12.1 Å². The lowest BCUT2D eigenvalue weighted by atomic mass is 9.98. The first kappa shape index (κ1) is 24.3. The number of carbonyl (C=O) groups excluding carboxylic acids is 2. The van der Waals surface area contributed by atoms with E-state index in [1.807, 2.05) is 43.3 Å². The van der Waals surface area contributed by atoms with Gasteiger partial charge in [0.2, 0.25) is 5.91 Å². The highest BCUT2D eigenvalue weighted by atomic mass is 16.5. The predicted molar refractivity (Wildman–Crippen MR) is 123 cm³/mol. The molecular formula is C25H30N2O6. The molecule has 176 valence electrons. The van der Waals surface area contributed by atoms with Crippen molar-refractivity contribution in [3.05, 3.63) is 59.7 Å². The van der Waals surface area contributed by atoms with Gasteiger partial charge in [-0.3, -0.25) is 9.59 Å². The van der Waals surface area contributed by atoms with Crippen molar-refractivity contribution in [2.75, 3.05) is 33.4 Å². The van der Waals surface area contributed by atoms with E-state index in [9.17, 15) is 14.4 Å². The van der Waals surface area contributed by atoms with E-state index in [1.165, 1.54) is 12.0 Å². The summed E-state index contributed by atoms with van der Waals surface area (Å²) in [6, 6.07) is 15.2. The molecule has 0 unspecified atom stereocenters. The van der Waals surface area contributed by atoms with Crippen LogP contribution in [0.4, 0.5) is 4.79 Å². The van der Waals surface area contributed by atoms with Crippen molar-refractivity contribution in [3.63, 3.8) is 0 Å². The molecule has 0 bridgehead atoms. The van der Waals surface area contributed by atoms with Crippen LogP contribution in [0.5, 0.6) is 0 Å². The summed E-state index contributed by atoms with van der Waals surface area (Å²) in [4.78, 5) is 37.9. The molecule has 0 aromatic heterocycles. The molecule has 0 spiro atoms. The second-order valence-corrected chi connectivity index (χ2v) is 7.96. The quantitative estimate of drug-likeness (QED) is 0.540. The number of carboxylic acids is 1. The Morgan fingerprint density at radius 2 is 1.67 bits per heavy atom. The van der Waals surface area contributed by atoms with Gasteiger partial charge in [0.15, 0.2) is 0 Å². The fourth-order valence-electron chi connectivity index (χ4n) is 4.18. The van der Waals surface area contributed by atoms with E-state index in [-0.39, 0.29) is 25.7 Å². The van der Waals surface area contributed by atoms with Gasteiger partial charge in [-0.05, 0) is 28.7 Å². The van der Waals surface area contributed by atoms with Crippen LogP contribution in [0.1, 0.15) is 36.8 Å². The van der Waals surface area contributed by atoms with Crippen LogP contribution in [0.15, 0.2) is 48.5 Å². The molecule has 0 saturated heterocycles. The Balaban J connectivity index is 1.67. The summed E-state index contributed by atoms with van der Waals surface area (Å²) in [6.07, 6.45) is 0.294. The molecule has 0 saturated carbocycles. The lowest BCUT2D eigenvalue weighted by Gasteiger charge is -2.26. The molecule has 2 amide bonds. The van der Waals surface area contributed by atoms with E-state index >= 15 is 0 Å². The molecule has 2 N–H and O–H groups in total. The van der Waals surface area contributed by atoms with E-state index in [2.05, 4.69) is 17.4 Å². The van der Waals surface area contributed by atoms with Gasteiger partial charge in [0, 0.05) is 19.6 Å². The fraction of sp³-hybridized carbons (Fsp3) is 0.400. The Morgan fingerprint density at radius 1 is 1.06 bits per heavy atom. The number of fused-ring (bicyclic) bond motifs is 3. The van der Waals surface area contributed by atoms with Crippen LogP contribution in [0.3, 0.4) is 0 Å². The van der Waals surface area contributed by atoms with Gasteiger partial charge in [-0.15, -0.1) is 0 Å². The molecule has 33 heavy (non-hydrogen) atoms.